The van der Waals surface area contributed by atoms with E-state index in [9.17, 15) is 5.11 Å². The molecule has 0 saturated carbocycles. The zero-order valence-electron chi connectivity index (χ0n) is 5.67. The zero-order chi connectivity index (χ0) is 6.91. The molecule has 0 spiro atoms. The second-order valence-electron chi connectivity index (χ2n) is 2.77. The number of hydrogen-bond acceptors (Lipinski definition) is 2. The molecule has 1 rings (SSSR count). The summed E-state index contributed by atoms with van der Waals surface area (Å²) in [5.74, 6) is 0. The molecular formula is C7H13NO. The van der Waals surface area contributed by atoms with Crippen LogP contribution < -0.4 is 5.73 Å². The van der Waals surface area contributed by atoms with E-state index in [1.807, 2.05) is 19.1 Å². The first-order valence-corrected chi connectivity index (χ1v) is 3.28. The molecule has 0 heterocycles. The monoisotopic (exact) mass is 127 g/mol. The zero-order valence-corrected chi connectivity index (χ0v) is 5.67. The summed E-state index contributed by atoms with van der Waals surface area (Å²) < 4.78 is 0. The van der Waals surface area contributed by atoms with Gasteiger partial charge in [-0.25, -0.2) is 0 Å². The highest BCUT2D eigenvalue weighted by atomic mass is 16.3. The van der Waals surface area contributed by atoms with Crippen molar-refractivity contribution in [3.8, 4) is 0 Å². The minimum Gasteiger partial charge on any atom is -0.388 e. The maximum absolute atomic E-state index is 9.58. The van der Waals surface area contributed by atoms with Crippen molar-refractivity contribution >= 4 is 0 Å². The normalized spacial score (nSPS) is 26.6. The fourth-order valence-corrected chi connectivity index (χ4v) is 1.03. The van der Waals surface area contributed by atoms with Gasteiger partial charge in [0.15, 0.2) is 0 Å². The molecule has 0 aromatic carbocycles. The van der Waals surface area contributed by atoms with Gasteiger partial charge >= 0.3 is 0 Å². The summed E-state index contributed by atoms with van der Waals surface area (Å²) in [5, 5.41) is 9.58. The number of nitrogens with two attached hydrogens (primary N) is 1. The van der Waals surface area contributed by atoms with Crippen molar-refractivity contribution in [2.24, 2.45) is 5.73 Å². The van der Waals surface area contributed by atoms with Gasteiger partial charge < -0.3 is 10.8 Å². The van der Waals surface area contributed by atoms with Gasteiger partial charge in [0.2, 0.25) is 0 Å². The second-order valence-corrected chi connectivity index (χ2v) is 2.77. The Kier molecular flexibility index (Phi) is 1.60. The lowest BCUT2D eigenvalue weighted by Crippen LogP contribution is -2.43. The Hall–Kier alpha value is -0.340. The molecule has 0 saturated heterocycles. The Morgan fingerprint density at radius 1 is 1.56 bits per heavy atom. The molecule has 2 heteroatoms. The Bertz CT molecular complexity index is 121. The molecule has 52 valence electrons. The number of aliphatic hydroxyl groups is 1. The van der Waals surface area contributed by atoms with Crippen LogP contribution in [-0.2, 0) is 0 Å². The van der Waals surface area contributed by atoms with Gasteiger partial charge in [-0.05, 0) is 19.8 Å². The Morgan fingerprint density at radius 3 is 2.22 bits per heavy atom. The highest BCUT2D eigenvalue weighted by molar-refractivity contribution is 5.07. The van der Waals surface area contributed by atoms with Crippen LogP contribution in [-0.4, -0.2) is 16.7 Å². The van der Waals surface area contributed by atoms with E-state index >= 15 is 0 Å². The third-order valence-corrected chi connectivity index (χ3v) is 1.96. The van der Waals surface area contributed by atoms with Crippen LogP contribution in [0.2, 0.25) is 0 Å². The van der Waals surface area contributed by atoms with E-state index in [0.29, 0.717) is 12.8 Å². The Morgan fingerprint density at radius 2 is 2.00 bits per heavy atom. The van der Waals surface area contributed by atoms with Gasteiger partial charge in [-0.15, -0.1) is 0 Å². The minimum atomic E-state index is -0.639. The topological polar surface area (TPSA) is 46.2 Å². The molecule has 9 heavy (non-hydrogen) atoms. The molecule has 0 radical (unpaired) electrons. The lowest BCUT2D eigenvalue weighted by atomic mass is 9.94. The molecule has 1 aliphatic rings. The van der Waals surface area contributed by atoms with Gasteiger partial charge in [-0.1, -0.05) is 12.2 Å². The van der Waals surface area contributed by atoms with Crippen molar-refractivity contribution < 1.29 is 5.11 Å². The van der Waals surface area contributed by atoms with Crippen molar-refractivity contribution in [1.29, 1.82) is 0 Å². The molecular weight excluding hydrogens is 114 g/mol. The van der Waals surface area contributed by atoms with E-state index in [4.69, 9.17) is 5.73 Å². The van der Waals surface area contributed by atoms with Gasteiger partial charge in [-0.2, -0.15) is 0 Å². The van der Waals surface area contributed by atoms with Crippen molar-refractivity contribution in [3.63, 3.8) is 0 Å². The summed E-state index contributed by atoms with van der Waals surface area (Å²) in [6.07, 6.45) is 5.38. The minimum absolute atomic E-state index is 0.118. The SMILES string of the molecule is CC(N)C1(O)CC=CC1. The fourth-order valence-electron chi connectivity index (χ4n) is 1.03. The molecule has 3 N–H and O–H groups in total. The lowest BCUT2D eigenvalue weighted by molar-refractivity contribution is 0.0326. The van der Waals surface area contributed by atoms with Crippen molar-refractivity contribution in [2.75, 3.05) is 0 Å². The lowest BCUT2D eigenvalue weighted by Gasteiger charge is -2.26. The van der Waals surface area contributed by atoms with Crippen LogP contribution in [0.15, 0.2) is 12.2 Å². The van der Waals surface area contributed by atoms with Gasteiger partial charge in [0.05, 0.1) is 5.60 Å². The molecule has 0 fully saturated rings. The summed E-state index contributed by atoms with van der Waals surface area (Å²) >= 11 is 0. The summed E-state index contributed by atoms with van der Waals surface area (Å²) in [6, 6.07) is -0.118. The Balaban J connectivity index is 2.55. The molecule has 0 aromatic heterocycles. The van der Waals surface area contributed by atoms with Crippen LogP contribution in [0.3, 0.4) is 0 Å². The smallest absolute Gasteiger partial charge is 0.0863 e. The van der Waals surface area contributed by atoms with E-state index in [2.05, 4.69) is 0 Å². The maximum atomic E-state index is 9.58. The predicted octanol–water partition coefficient (Wildman–Crippen LogP) is 0.415. The molecule has 0 bridgehead atoms. The summed E-state index contributed by atoms with van der Waals surface area (Å²) in [6.45, 7) is 1.84. The van der Waals surface area contributed by atoms with Crippen molar-refractivity contribution in [2.45, 2.75) is 31.4 Å². The largest absolute Gasteiger partial charge is 0.388 e. The second kappa shape index (κ2) is 2.12. The highest BCUT2D eigenvalue weighted by Gasteiger charge is 2.31. The quantitative estimate of drug-likeness (QED) is 0.501. The van der Waals surface area contributed by atoms with Crippen LogP contribution in [0, 0.1) is 0 Å². The average molecular weight is 127 g/mol. The van der Waals surface area contributed by atoms with Crippen molar-refractivity contribution in [3.05, 3.63) is 12.2 Å². The molecule has 0 amide bonds. The third-order valence-electron chi connectivity index (χ3n) is 1.96. The maximum Gasteiger partial charge on any atom is 0.0863 e. The van der Waals surface area contributed by atoms with E-state index in [1.54, 1.807) is 0 Å². The number of hydrogen-bond donors (Lipinski definition) is 2. The van der Waals surface area contributed by atoms with E-state index in [-0.39, 0.29) is 6.04 Å². The first-order valence-electron chi connectivity index (χ1n) is 3.28. The van der Waals surface area contributed by atoms with Crippen LogP contribution >= 0.6 is 0 Å². The molecule has 1 atom stereocenters. The predicted molar refractivity (Wildman–Crippen MR) is 37.0 cm³/mol. The Labute approximate surface area is 55.4 Å². The summed E-state index contributed by atoms with van der Waals surface area (Å²) in [5.41, 5.74) is 4.90. The molecule has 1 unspecified atom stereocenters. The van der Waals surface area contributed by atoms with E-state index in [1.165, 1.54) is 0 Å². The molecule has 1 aliphatic carbocycles. The molecule has 0 aliphatic heterocycles. The van der Waals surface area contributed by atoms with Gasteiger partial charge in [0.1, 0.15) is 0 Å². The first kappa shape index (κ1) is 6.78. The van der Waals surface area contributed by atoms with Crippen LogP contribution in [0.4, 0.5) is 0 Å². The fraction of sp³-hybridized carbons (Fsp3) is 0.714. The van der Waals surface area contributed by atoms with Crippen molar-refractivity contribution in [1.82, 2.24) is 0 Å². The van der Waals surface area contributed by atoms with Crippen LogP contribution in [0.5, 0.6) is 0 Å². The van der Waals surface area contributed by atoms with Gasteiger partial charge in [0, 0.05) is 6.04 Å². The summed E-state index contributed by atoms with van der Waals surface area (Å²) in [4.78, 5) is 0. The van der Waals surface area contributed by atoms with Gasteiger partial charge in [-0.3, -0.25) is 0 Å². The van der Waals surface area contributed by atoms with E-state index < -0.39 is 5.60 Å². The molecule has 0 aromatic rings. The highest BCUT2D eigenvalue weighted by Crippen LogP contribution is 2.25. The molecule has 2 nitrogen and oxygen atoms in total. The first-order chi connectivity index (χ1) is 4.15. The third kappa shape index (κ3) is 1.14. The standard InChI is InChI=1S/C7H13NO/c1-6(8)7(9)4-2-3-5-7/h2-3,6,9H,4-5,8H2,1H3. The number of rotatable bonds is 1. The van der Waals surface area contributed by atoms with E-state index in [0.717, 1.165) is 0 Å². The van der Waals surface area contributed by atoms with Crippen LogP contribution in [0.1, 0.15) is 19.8 Å². The van der Waals surface area contributed by atoms with Crippen LogP contribution in [0.25, 0.3) is 0 Å². The average Bonchev–Trinajstić information content (AvgIpc) is 2.16. The van der Waals surface area contributed by atoms with Gasteiger partial charge in [0.25, 0.3) is 0 Å². The summed E-state index contributed by atoms with van der Waals surface area (Å²) in [7, 11) is 0.